The van der Waals surface area contributed by atoms with Crippen LogP contribution >= 0.6 is 11.6 Å². The van der Waals surface area contributed by atoms with E-state index in [9.17, 15) is 9.18 Å². The van der Waals surface area contributed by atoms with Gasteiger partial charge < -0.3 is 5.32 Å². The highest BCUT2D eigenvalue weighted by molar-refractivity contribution is 6.33. The molecule has 2 heterocycles. The first-order valence-corrected chi connectivity index (χ1v) is 8.16. The zero-order chi connectivity index (χ0) is 18.1. The van der Waals surface area contributed by atoms with Gasteiger partial charge in [0.05, 0.1) is 11.9 Å². The highest BCUT2D eigenvalue weighted by atomic mass is 35.5. The van der Waals surface area contributed by atoms with Crippen LogP contribution in [0.5, 0.6) is 0 Å². The number of hydrogen-bond donors (Lipinski definition) is 1. The van der Waals surface area contributed by atoms with E-state index in [1.54, 1.807) is 22.8 Å². The number of carbonyl (C=O) groups excluding carboxylic acids is 1. The van der Waals surface area contributed by atoms with Crippen molar-refractivity contribution in [2.45, 2.75) is 0 Å². The zero-order valence-corrected chi connectivity index (χ0v) is 14.1. The van der Waals surface area contributed by atoms with Crippen molar-refractivity contribution in [2.75, 3.05) is 5.32 Å². The summed E-state index contributed by atoms with van der Waals surface area (Å²) in [7, 11) is 0. The Balaban J connectivity index is 1.74. The van der Waals surface area contributed by atoms with E-state index in [0.29, 0.717) is 21.9 Å². The van der Waals surface area contributed by atoms with Crippen molar-refractivity contribution in [3.63, 3.8) is 0 Å². The van der Waals surface area contributed by atoms with Gasteiger partial charge in [-0.25, -0.2) is 13.9 Å². The van der Waals surface area contributed by atoms with Crippen molar-refractivity contribution < 1.29 is 9.18 Å². The molecule has 1 amide bonds. The quantitative estimate of drug-likeness (QED) is 0.583. The molecule has 0 radical (unpaired) electrons. The topological polar surface area (TPSA) is 59.3 Å². The van der Waals surface area contributed by atoms with Gasteiger partial charge in [-0.15, -0.1) is 0 Å². The van der Waals surface area contributed by atoms with E-state index in [0.717, 1.165) is 11.3 Å². The molecule has 0 atom stereocenters. The molecule has 4 aromatic rings. The predicted octanol–water partition coefficient (Wildman–Crippen LogP) is 4.44. The van der Waals surface area contributed by atoms with E-state index in [2.05, 4.69) is 15.4 Å². The molecule has 0 aliphatic heterocycles. The average Bonchev–Trinajstić information content (AvgIpc) is 3.08. The largest absolute Gasteiger partial charge is 0.322 e. The van der Waals surface area contributed by atoms with Crippen molar-refractivity contribution in [2.24, 2.45) is 0 Å². The van der Waals surface area contributed by atoms with E-state index < -0.39 is 0 Å². The normalized spacial score (nSPS) is 10.8. The molecule has 0 bridgehead atoms. The third-order valence-corrected chi connectivity index (χ3v) is 4.23. The number of carbonyl (C=O) groups is 1. The van der Waals surface area contributed by atoms with Crippen LogP contribution in [-0.2, 0) is 0 Å². The van der Waals surface area contributed by atoms with Gasteiger partial charge in [0.1, 0.15) is 11.4 Å². The molecule has 26 heavy (non-hydrogen) atoms. The second kappa shape index (κ2) is 6.57. The van der Waals surface area contributed by atoms with Crippen molar-refractivity contribution in [1.29, 1.82) is 0 Å². The Morgan fingerprint density at radius 1 is 1.08 bits per heavy atom. The summed E-state index contributed by atoms with van der Waals surface area (Å²) in [5.74, 6) is -0.750. The van der Waals surface area contributed by atoms with Gasteiger partial charge in [0, 0.05) is 22.5 Å². The van der Waals surface area contributed by atoms with E-state index in [-0.39, 0.29) is 11.7 Å². The van der Waals surface area contributed by atoms with Crippen LogP contribution in [0.2, 0.25) is 5.02 Å². The van der Waals surface area contributed by atoms with Crippen LogP contribution < -0.4 is 5.32 Å². The third-order valence-electron chi connectivity index (χ3n) is 3.90. The fourth-order valence-corrected chi connectivity index (χ4v) is 2.89. The zero-order valence-electron chi connectivity index (χ0n) is 13.4. The molecule has 4 rings (SSSR count). The molecule has 7 heteroatoms. The Kier molecular flexibility index (Phi) is 4.10. The maximum atomic E-state index is 13.0. The number of fused-ring (bicyclic) bond motifs is 1. The lowest BCUT2D eigenvalue weighted by molar-refractivity contribution is 0.102. The number of nitrogens with one attached hydrogen (secondary N) is 1. The van der Waals surface area contributed by atoms with Crippen molar-refractivity contribution >= 4 is 28.8 Å². The molecule has 0 aliphatic rings. The van der Waals surface area contributed by atoms with Gasteiger partial charge in [-0.1, -0.05) is 29.8 Å². The highest BCUT2D eigenvalue weighted by Gasteiger charge is 2.17. The molecule has 1 N–H and O–H groups in total. The molecule has 0 unspecified atom stereocenters. The Hall–Kier alpha value is -3.25. The molecule has 0 saturated carbocycles. The minimum atomic E-state index is -0.379. The van der Waals surface area contributed by atoms with E-state index in [1.165, 1.54) is 30.5 Å². The van der Waals surface area contributed by atoms with E-state index >= 15 is 0 Å². The lowest BCUT2D eigenvalue weighted by atomic mass is 10.1. The summed E-state index contributed by atoms with van der Waals surface area (Å²) < 4.78 is 14.6. The van der Waals surface area contributed by atoms with Crippen LogP contribution in [0.1, 0.15) is 10.4 Å². The molecule has 2 aromatic carbocycles. The van der Waals surface area contributed by atoms with Gasteiger partial charge in [0.25, 0.3) is 5.91 Å². The van der Waals surface area contributed by atoms with Crippen LogP contribution in [0.4, 0.5) is 10.1 Å². The molecule has 5 nitrogen and oxygen atoms in total. The molecule has 0 fully saturated rings. The van der Waals surface area contributed by atoms with Gasteiger partial charge >= 0.3 is 0 Å². The second-order valence-electron chi connectivity index (χ2n) is 5.56. The van der Waals surface area contributed by atoms with Gasteiger partial charge in [0.15, 0.2) is 5.65 Å². The number of hydrogen-bond acceptors (Lipinski definition) is 3. The minimum Gasteiger partial charge on any atom is -0.322 e. The van der Waals surface area contributed by atoms with E-state index in [4.69, 9.17) is 11.6 Å². The first-order valence-electron chi connectivity index (χ1n) is 7.78. The summed E-state index contributed by atoms with van der Waals surface area (Å²) in [6.45, 7) is 0. The highest BCUT2D eigenvalue weighted by Crippen LogP contribution is 2.28. The summed E-state index contributed by atoms with van der Waals surface area (Å²) in [4.78, 5) is 16.8. The van der Waals surface area contributed by atoms with Crippen LogP contribution in [0.15, 0.2) is 67.0 Å². The van der Waals surface area contributed by atoms with Crippen LogP contribution in [-0.4, -0.2) is 20.5 Å². The molecular weight excluding hydrogens is 355 g/mol. The predicted molar refractivity (Wildman–Crippen MR) is 97.8 cm³/mol. The number of anilines is 1. The Labute approximate surface area is 153 Å². The van der Waals surface area contributed by atoms with Gasteiger partial charge in [-0.05, 0) is 36.4 Å². The standard InChI is InChI=1S/C19H12ClFN4O/c20-16-4-2-1-3-14(16)17-9-10-22-18-15(11-23-25(17)18)19(26)24-13-7-5-12(21)6-8-13/h1-11H,(H,24,26). The lowest BCUT2D eigenvalue weighted by Gasteiger charge is -2.07. The van der Waals surface area contributed by atoms with E-state index in [1.807, 2.05) is 18.2 Å². The molecule has 0 aliphatic carbocycles. The Morgan fingerprint density at radius 3 is 2.62 bits per heavy atom. The maximum absolute atomic E-state index is 13.0. The van der Waals surface area contributed by atoms with Crippen LogP contribution in [0.25, 0.3) is 16.9 Å². The summed E-state index contributed by atoms with van der Waals surface area (Å²) in [5, 5.41) is 7.57. The van der Waals surface area contributed by atoms with Gasteiger partial charge in [-0.3, -0.25) is 4.79 Å². The molecular formula is C19H12ClFN4O. The summed E-state index contributed by atoms with van der Waals surface area (Å²) >= 11 is 6.28. The molecule has 2 aromatic heterocycles. The van der Waals surface area contributed by atoms with Gasteiger partial charge in [0.2, 0.25) is 0 Å². The Morgan fingerprint density at radius 2 is 1.85 bits per heavy atom. The molecule has 0 spiro atoms. The van der Waals surface area contributed by atoms with Crippen LogP contribution in [0, 0.1) is 5.82 Å². The smallest absolute Gasteiger partial charge is 0.261 e. The first kappa shape index (κ1) is 16.2. The number of halogens is 2. The summed E-state index contributed by atoms with van der Waals surface area (Å²) in [6, 6.07) is 14.7. The molecule has 128 valence electrons. The Bertz CT molecular complexity index is 1110. The fourth-order valence-electron chi connectivity index (χ4n) is 2.66. The van der Waals surface area contributed by atoms with Crippen molar-refractivity contribution in [1.82, 2.24) is 14.6 Å². The lowest BCUT2D eigenvalue weighted by Crippen LogP contribution is -2.12. The number of nitrogens with zero attached hydrogens (tertiary/aromatic N) is 3. The number of rotatable bonds is 3. The minimum absolute atomic E-state index is 0.309. The molecule has 0 saturated heterocycles. The van der Waals surface area contributed by atoms with Crippen LogP contribution in [0.3, 0.4) is 0 Å². The monoisotopic (exact) mass is 366 g/mol. The number of benzene rings is 2. The SMILES string of the molecule is O=C(Nc1ccc(F)cc1)c1cnn2c(-c3ccccc3Cl)ccnc12. The van der Waals surface area contributed by atoms with Crippen molar-refractivity contribution in [3.8, 4) is 11.3 Å². The maximum Gasteiger partial charge on any atom is 0.261 e. The average molecular weight is 367 g/mol. The fraction of sp³-hybridized carbons (Fsp3) is 0. The number of amides is 1. The first-order chi connectivity index (χ1) is 12.6. The summed E-state index contributed by atoms with van der Waals surface area (Å²) in [6.07, 6.45) is 3.05. The third kappa shape index (κ3) is 2.91. The number of aromatic nitrogens is 3. The second-order valence-corrected chi connectivity index (χ2v) is 5.97. The summed E-state index contributed by atoms with van der Waals surface area (Å²) in [5.41, 5.74) is 2.71. The van der Waals surface area contributed by atoms with Gasteiger partial charge in [-0.2, -0.15) is 5.10 Å². The van der Waals surface area contributed by atoms with Crippen molar-refractivity contribution in [3.05, 3.63) is 83.4 Å².